The predicted octanol–water partition coefficient (Wildman–Crippen LogP) is 5.06. The van der Waals surface area contributed by atoms with E-state index in [-0.39, 0.29) is 37.9 Å². The molecule has 28 heavy (non-hydrogen) atoms. The van der Waals surface area contributed by atoms with E-state index in [2.05, 4.69) is 32.2 Å². The number of carbonyl (C=O) groups excluding carboxylic acids is 3. The first-order valence-electron chi connectivity index (χ1n) is 9.68. The summed E-state index contributed by atoms with van der Waals surface area (Å²) in [7, 11) is 0. The number of esters is 2. The van der Waals surface area contributed by atoms with Gasteiger partial charge in [0.2, 0.25) is 5.91 Å². The minimum atomic E-state index is -0.456. The van der Waals surface area contributed by atoms with E-state index in [9.17, 15) is 14.4 Å². The summed E-state index contributed by atoms with van der Waals surface area (Å²) in [4.78, 5) is 36.9. The van der Waals surface area contributed by atoms with Crippen LogP contribution in [0.4, 0.5) is 5.00 Å². The maximum Gasteiger partial charge on any atom is 0.341 e. The van der Waals surface area contributed by atoms with E-state index in [0.29, 0.717) is 10.6 Å². The van der Waals surface area contributed by atoms with Gasteiger partial charge in [0.15, 0.2) is 0 Å². The zero-order chi connectivity index (χ0) is 21.1. The normalized spacial score (nSPS) is 11.5. The number of rotatable bonds is 11. The Morgan fingerprint density at radius 2 is 1.82 bits per heavy atom. The molecule has 0 fully saturated rings. The molecule has 0 radical (unpaired) electrons. The molecule has 1 N–H and O–H groups in total. The van der Waals surface area contributed by atoms with Crippen molar-refractivity contribution >= 4 is 34.2 Å². The topological polar surface area (TPSA) is 81.7 Å². The van der Waals surface area contributed by atoms with Gasteiger partial charge in [-0.25, -0.2) is 4.79 Å². The van der Waals surface area contributed by atoms with Crippen LogP contribution in [-0.4, -0.2) is 31.1 Å². The van der Waals surface area contributed by atoms with E-state index in [1.165, 1.54) is 16.9 Å². The number of carbonyl (C=O) groups is 3. The summed E-state index contributed by atoms with van der Waals surface area (Å²) >= 11 is 1.38. The minimum Gasteiger partial charge on any atom is -0.466 e. The molecule has 1 atom stereocenters. The van der Waals surface area contributed by atoms with Crippen molar-refractivity contribution in [3.05, 3.63) is 28.2 Å². The molecule has 1 amide bonds. The average molecular weight is 410 g/mol. The fourth-order valence-corrected chi connectivity index (χ4v) is 3.66. The minimum absolute atomic E-state index is 0.00442. The quantitative estimate of drug-likeness (QED) is 0.408. The molecule has 0 bridgehead atoms. The highest BCUT2D eigenvalue weighted by atomic mass is 32.1. The molecule has 0 saturated carbocycles. The fraction of sp³-hybridized carbons (Fsp3) is 0.571. The monoisotopic (exact) mass is 409 g/mol. The van der Waals surface area contributed by atoms with Crippen LogP contribution in [0.25, 0.3) is 0 Å². The lowest BCUT2D eigenvalue weighted by atomic mass is 10.0. The third-order valence-electron chi connectivity index (χ3n) is 4.00. The summed E-state index contributed by atoms with van der Waals surface area (Å²) in [6.07, 6.45) is 4.10. The predicted molar refractivity (Wildman–Crippen MR) is 112 cm³/mol. The third-order valence-corrected chi connectivity index (χ3v) is 5.28. The molecule has 6 nitrogen and oxygen atoms in total. The molecule has 0 aliphatic heterocycles. The van der Waals surface area contributed by atoms with E-state index in [4.69, 9.17) is 9.47 Å². The summed E-state index contributed by atoms with van der Waals surface area (Å²) in [6, 6.07) is 1.80. The molecule has 0 aliphatic rings. The van der Waals surface area contributed by atoms with E-state index < -0.39 is 11.9 Å². The Kier molecular flexibility index (Phi) is 10.5. The summed E-state index contributed by atoms with van der Waals surface area (Å²) in [6.45, 7) is 10.2. The van der Waals surface area contributed by atoms with E-state index >= 15 is 0 Å². The van der Waals surface area contributed by atoms with Gasteiger partial charge in [-0.3, -0.25) is 9.59 Å². The SMILES string of the molecule is CCOC(=O)CCC(=O)Nc1sc([C@@H](C)CCC=C(C)C)cc1C(=O)OCC. The second-order valence-corrected chi connectivity index (χ2v) is 7.81. The molecule has 1 rings (SSSR count). The summed E-state index contributed by atoms with van der Waals surface area (Å²) in [5, 5.41) is 3.22. The van der Waals surface area contributed by atoms with Crippen molar-refractivity contribution in [1.82, 2.24) is 0 Å². The second kappa shape index (κ2) is 12.3. The molecule has 7 heteroatoms. The van der Waals surface area contributed by atoms with Crippen molar-refractivity contribution in [3.8, 4) is 0 Å². The maximum absolute atomic E-state index is 12.3. The largest absolute Gasteiger partial charge is 0.466 e. The lowest BCUT2D eigenvalue weighted by Crippen LogP contribution is -2.16. The van der Waals surface area contributed by atoms with E-state index in [1.54, 1.807) is 19.9 Å². The molecule has 1 heterocycles. The molecule has 156 valence electrons. The van der Waals surface area contributed by atoms with Gasteiger partial charge in [0.25, 0.3) is 0 Å². The molecule has 0 aromatic carbocycles. The van der Waals surface area contributed by atoms with Crippen LogP contribution in [0, 0.1) is 0 Å². The number of anilines is 1. The van der Waals surface area contributed by atoms with Gasteiger partial charge in [0.05, 0.1) is 25.2 Å². The van der Waals surface area contributed by atoms with Crippen molar-refractivity contribution in [2.24, 2.45) is 0 Å². The molecule has 0 aliphatic carbocycles. The zero-order valence-electron chi connectivity index (χ0n) is 17.4. The Hall–Kier alpha value is -2.15. The van der Waals surface area contributed by atoms with Crippen LogP contribution in [0.15, 0.2) is 17.7 Å². The van der Waals surface area contributed by atoms with Gasteiger partial charge < -0.3 is 14.8 Å². The Labute approximate surface area is 171 Å². The number of thiophene rings is 1. The first kappa shape index (κ1) is 23.9. The van der Waals surface area contributed by atoms with Crippen molar-refractivity contribution in [2.75, 3.05) is 18.5 Å². The number of hydrogen-bond acceptors (Lipinski definition) is 6. The van der Waals surface area contributed by atoms with E-state index in [0.717, 1.165) is 17.7 Å². The first-order valence-corrected chi connectivity index (χ1v) is 10.5. The Balaban J connectivity index is 2.87. The molecular formula is C21H31NO5S. The number of amides is 1. The van der Waals surface area contributed by atoms with Crippen LogP contribution < -0.4 is 5.32 Å². The summed E-state index contributed by atoms with van der Waals surface area (Å²) in [5.41, 5.74) is 1.64. The lowest BCUT2D eigenvalue weighted by molar-refractivity contribution is -0.144. The van der Waals surface area contributed by atoms with Gasteiger partial charge in [-0.15, -0.1) is 11.3 Å². The smallest absolute Gasteiger partial charge is 0.341 e. The van der Waals surface area contributed by atoms with E-state index in [1.807, 2.05) is 0 Å². The first-order chi connectivity index (χ1) is 13.3. The van der Waals surface area contributed by atoms with Crippen LogP contribution >= 0.6 is 11.3 Å². The molecule has 1 aromatic heterocycles. The molecular weight excluding hydrogens is 378 g/mol. The molecule has 0 saturated heterocycles. The Morgan fingerprint density at radius 3 is 2.43 bits per heavy atom. The van der Waals surface area contributed by atoms with Crippen molar-refractivity contribution < 1.29 is 23.9 Å². The van der Waals surface area contributed by atoms with Crippen molar-refractivity contribution in [2.45, 2.75) is 66.2 Å². The fourth-order valence-electron chi connectivity index (χ4n) is 2.51. The van der Waals surface area contributed by atoms with Gasteiger partial charge >= 0.3 is 11.9 Å². The second-order valence-electron chi connectivity index (χ2n) is 6.73. The molecule has 0 spiro atoms. The number of nitrogens with one attached hydrogen (secondary N) is 1. The molecule has 0 unspecified atom stereocenters. The van der Waals surface area contributed by atoms with Gasteiger partial charge in [-0.05, 0) is 52.5 Å². The van der Waals surface area contributed by atoms with Crippen LogP contribution in [0.3, 0.4) is 0 Å². The summed E-state index contributed by atoms with van der Waals surface area (Å²) < 4.78 is 9.95. The highest BCUT2D eigenvalue weighted by Crippen LogP contribution is 2.35. The van der Waals surface area contributed by atoms with Gasteiger partial charge in [-0.1, -0.05) is 18.6 Å². The van der Waals surface area contributed by atoms with Crippen LogP contribution in [0.5, 0.6) is 0 Å². The van der Waals surface area contributed by atoms with Gasteiger partial charge in [0, 0.05) is 11.3 Å². The van der Waals surface area contributed by atoms with Crippen molar-refractivity contribution in [1.29, 1.82) is 0 Å². The lowest BCUT2D eigenvalue weighted by Gasteiger charge is -2.07. The highest BCUT2D eigenvalue weighted by molar-refractivity contribution is 7.16. The Morgan fingerprint density at radius 1 is 1.14 bits per heavy atom. The van der Waals surface area contributed by atoms with Crippen LogP contribution in [0.2, 0.25) is 0 Å². The third kappa shape index (κ3) is 8.25. The summed E-state index contributed by atoms with van der Waals surface area (Å²) in [5.74, 6) is -0.951. The van der Waals surface area contributed by atoms with Gasteiger partial charge in [-0.2, -0.15) is 0 Å². The standard InChI is InChI=1S/C21H31NO5S/c1-6-26-19(24)12-11-18(23)22-20-16(21(25)27-7-2)13-17(28-20)15(5)10-8-9-14(3)4/h9,13,15H,6-8,10-12H2,1-5H3,(H,22,23)/t15-/m0/s1. The highest BCUT2D eigenvalue weighted by Gasteiger charge is 2.21. The van der Waals surface area contributed by atoms with Crippen LogP contribution in [-0.2, 0) is 19.1 Å². The average Bonchev–Trinajstić information content (AvgIpc) is 3.04. The van der Waals surface area contributed by atoms with Crippen LogP contribution in [0.1, 0.15) is 81.5 Å². The number of ether oxygens (including phenoxy) is 2. The number of allylic oxidation sites excluding steroid dienone is 2. The van der Waals surface area contributed by atoms with Gasteiger partial charge in [0.1, 0.15) is 5.00 Å². The number of hydrogen-bond donors (Lipinski definition) is 1. The molecule has 1 aromatic rings. The van der Waals surface area contributed by atoms with Crippen molar-refractivity contribution in [3.63, 3.8) is 0 Å². The maximum atomic E-state index is 12.3. The Bertz CT molecular complexity index is 704. The zero-order valence-corrected chi connectivity index (χ0v) is 18.2.